The number of hydrogen-bond acceptors (Lipinski definition) is 3. The molecule has 0 spiro atoms. The van der Waals surface area contributed by atoms with Gasteiger partial charge in [0.25, 0.3) is 0 Å². The molecule has 0 aliphatic carbocycles. The molecule has 2 heterocycles. The lowest BCUT2D eigenvalue weighted by Crippen LogP contribution is -1.98. The molecular weight excluding hydrogens is 256 g/mol. The summed E-state index contributed by atoms with van der Waals surface area (Å²) in [7, 11) is 0. The van der Waals surface area contributed by atoms with Crippen LogP contribution in [0.1, 0.15) is 5.56 Å². The number of allylic oxidation sites excluding steroid dienone is 1. The molecular formula is C10H9BrN4. The van der Waals surface area contributed by atoms with Crippen molar-refractivity contribution in [3.8, 4) is 5.82 Å². The number of aromatic nitrogens is 4. The zero-order valence-corrected chi connectivity index (χ0v) is 9.55. The SMILES string of the molecule is C=C(CBr)c1ccc(-n2cncn2)nc1. The van der Waals surface area contributed by atoms with Gasteiger partial charge in [-0.15, -0.1) is 0 Å². The first-order valence-corrected chi connectivity index (χ1v) is 5.48. The second-order valence-corrected chi connectivity index (χ2v) is 3.54. The second kappa shape index (κ2) is 4.35. The van der Waals surface area contributed by atoms with Crippen LogP contribution in [0.25, 0.3) is 11.4 Å². The molecule has 0 saturated carbocycles. The van der Waals surface area contributed by atoms with Crippen LogP contribution in [0.4, 0.5) is 0 Å². The molecule has 0 N–H and O–H groups in total. The maximum Gasteiger partial charge on any atom is 0.155 e. The molecule has 5 heteroatoms. The minimum absolute atomic E-state index is 0.747. The second-order valence-electron chi connectivity index (χ2n) is 2.98. The Hall–Kier alpha value is -1.49. The van der Waals surface area contributed by atoms with Gasteiger partial charge in [-0.2, -0.15) is 5.10 Å². The number of nitrogens with zero attached hydrogens (tertiary/aromatic N) is 4. The minimum atomic E-state index is 0.747. The van der Waals surface area contributed by atoms with Crippen molar-refractivity contribution in [2.75, 3.05) is 5.33 Å². The molecule has 2 aromatic rings. The van der Waals surface area contributed by atoms with Crippen molar-refractivity contribution in [1.82, 2.24) is 19.7 Å². The third-order valence-electron chi connectivity index (χ3n) is 1.97. The highest BCUT2D eigenvalue weighted by Gasteiger charge is 2.00. The van der Waals surface area contributed by atoms with E-state index in [0.29, 0.717) is 0 Å². The van der Waals surface area contributed by atoms with Gasteiger partial charge in [0.15, 0.2) is 5.82 Å². The van der Waals surface area contributed by atoms with Crippen LogP contribution in [0.2, 0.25) is 0 Å². The summed E-state index contributed by atoms with van der Waals surface area (Å²) in [5, 5.41) is 4.74. The van der Waals surface area contributed by atoms with Gasteiger partial charge in [0, 0.05) is 11.5 Å². The number of alkyl halides is 1. The van der Waals surface area contributed by atoms with Crippen LogP contribution in [-0.2, 0) is 0 Å². The van der Waals surface area contributed by atoms with Crippen molar-refractivity contribution in [2.45, 2.75) is 0 Å². The highest BCUT2D eigenvalue weighted by Crippen LogP contribution is 2.14. The Labute approximate surface area is 95.8 Å². The van der Waals surface area contributed by atoms with E-state index in [9.17, 15) is 0 Å². The molecule has 2 rings (SSSR count). The van der Waals surface area contributed by atoms with Crippen molar-refractivity contribution in [1.29, 1.82) is 0 Å². The fraction of sp³-hybridized carbons (Fsp3) is 0.100. The van der Waals surface area contributed by atoms with Crippen LogP contribution in [0.15, 0.2) is 37.6 Å². The Balaban J connectivity index is 2.29. The first-order chi connectivity index (χ1) is 7.31. The molecule has 0 aliphatic rings. The molecule has 0 unspecified atom stereocenters. The van der Waals surface area contributed by atoms with Crippen LogP contribution in [0.5, 0.6) is 0 Å². The third kappa shape index (κ3) is 2.12. The highest BCUT2D eigenvalue weighted by atomic mass is 79.9. The van der Waals surface area contributed by atoms with Crippen molar-refractivity contribution in [3.05, 3.63) is 43.1 Å². The molecule has 0 bridgehead atoms. The molecule has 2 aromatic heterocycles. The summed E-state index contributed by atoms with van der Waals surface area (Å²) in [5.74, 6) is 0.749. The molecule has 4 nitrogen and oxygen atoms in total. The van der Waals surface area contributed by atoms with Crippen molar-refractivity contribution in [2.24, 2.45) is 0 Å². The van der Waals surface area contributed by atoms with E-state index in [1.807, 2.05) is 12.1 Å². The molecule has 15 heavy (non-hydrogen) atoms. The van der Waals surface area contributed by atoms with E-state index >= 15 is 0 Å². The zero-order valence-electron chi connectivity index (χ0n) is 7.97. The largest absolute Gasteiger partial charge is 0.236 e. The zero-order chi connectivity index (χ0) is 10.7. The average Bonchev–Trinajstić information content (AvgIpc) is 2.82. The van der Waals surface area contributed by atoms with Crippen molar-refractivity contribution in [3.63, 3.8) is 0 Å². The lowest BCUT2D eigenvalue weighted by atomic mass is 10.1. The van der Waals surface area contributed by atoms with Gasteiger partial charge in [-0.05, 0) is 23.3 Å². The summed E-state index contributed by atoms with van der Waals surface area (Å²) in [5.41, 5.74) is 2.03. The summed E-state index contributed by atoms with van der Waals surface area (Å²) < 4.78 is 1.61. The first-order valence-electron chi connectivity index (χ1n) is 4.36. The lowest BCUT2D eigenvalue weighted by molar-refractivity contribution is 0.845. The van der Waals surface area contributed by atoms with E-state index < -0.39 is 0 Å². The Morgan fingerprint density at radius 2 is 2.33 bits per heavy atom. The van der Waals surface area contributed by atoms with Gasteiger partial charge in [-0.25, -0.2) is 14.6 Å². The van der Waals surface area contributed by atoms with E-state index in [1.54, 1.807) is 17.2 Å². The summed E-state index contributed by atoms with van der Waals surface area (Å²) in [6.07, 6.45) is 4.87. The van der Waals surface area contributed by atoms with E-state index in [0.717, 1.165) is 22.3 Å². The van der Waals surface area contributed by atoms with E-state index in [4.69, 9.17) is 0 Å². The number of pyridine rings is 1. The molecule has 0 atom stereocenters. The third-order valence-corrected chi connectivity index (χ3v) is 2.65. The Kier molecular flexibility index (Phi) is 2.91. The fourth-order valence-corrected chi connectivity index (χ4v) is 1.46. The molecule has 0 radical (unpaired) electrons. The summed E-state index contributed by atoms with van der Waals surface area (Å²) in [6.45, 7) is 3.91. The Bertz CT molecular complexity index is 447. The smallest absolute Gasteiger partial charge is 0.155 e. The van der Waals surface area contributed by atoms with Gasteiger partial charge in [-0.3, -0.25) is 0 Å². The normalized spacial score (nSPS) is 10.2. The van der Waals surface area contributed by atoms with Gasteiger partial charge in [0.1, 0.15) is 12.7 Å². The van der Waals surface area contributed by atoms with Crippen LogP contribution >= 0.6 is 15.9 Å². The number of hydrogen-bond donors (Lipinski definition) is 0. The molecule has 0 fully saturated rings. The van der Waals surface area contributed by atoms with Gasteiger partial charge in [-0.1, -0.05) is 22.5 Å². The highest BCUT2D eigenvalue weighted by molar-refractivity contribution is 9.09. The lowest BCUT2D eigenvalue weighted by Gasteiger charge is -2.03. The van der Waals surface area contributed by atoms with Crippen LogP contribution in [-0.4, -0.2) is 25.1 Å². The number of halogens is 1. The molecule has 0 amide bonds. The molecule has 0 aliphatic heterocycles. The topological polar surface area (TPSA) is 43.6 Å². The Morgan fingerprint density at radius 3 is 2.87 bits per heavy atom. The maximum absolute atomic E-state index is 4.27. The standard InChI is InChI=1S/C10H9BrN4/c1-8(4-11)9-2-3-10(13-5-9)15-7-12-6-14-15/h2-3,5-7H,1,4H2. The summed E-state index contributed by atoms with van der Waals surface area (Å²) in [4.78, 5) is 8.13. The van der Waals surface area contributed by atoms with Crippen LogP contribution in [0, 0.1) is 0 Å². The molecule has 76 valence electrons. The summed E-state index contributed by atoms with van der Waals surface area (Å²) in [6, 6.07) is 3.85. The maximum atomic E-state index is 4.27. The van der Waals surface area contributed by atoms with Crippen molar-refractivity contribution >= 4 is 21.5 Å². The minimum Gasteiger partial charge on any atom is -0.236 e. The predicted octanol–water partition coefficient (Wildman–Crippen LogP) is 2.07. The van der Waals surface area contributed by atoms with Gasteiger partial charge in [0.05, 0.1) is 0 Å². The van der Waals surface area contributed by atoms with Crippen molar-refractivity contribution < 1.29 is 0 Å². The van der Waals surface area contributed by atoms with Gasteiger partial charge < -0.3 is 0 Å². The fourth-order valence-electron chi connectivity index (χ4n) is 1.13. The van der Waals surface area contributed by atoms with E-state index in [-0.39, 0.29) is 0 Å². The monoisotopic (exact) mass is 264 g/mol. The predicted molar refractivity (Wildman–Crippen MR) is 62.0 cm³/mol. The average molecular weight is 265 g/mol. The van der Waals surface area contributed by atoms with E-state index in [1.165, 1.54) is 6.33 Å². The first kappa shape index (κ1) is 10.0. The molecule has 0 aromatic carbocycles. The summed E-state index contributed by atoms with van der Waals surface area (Å²) >= 11 is 3.35. The van der Waals surface area contributed by atoms with E-state index in [2.05, 4.69) is 37.6 Å². The van der Waals surface area contributed by atoms with Gasteiger partial charge >= 0.3 is 0 Å². The quantitative estimate of drug-likeness (QED) is 0.798. The number of rotatable bonds is 3. The van der Waals surface area contributed by atoms with Crippen LogP contribution < -0.4 is 0 Å². The van der Waals surface area contributed by atoms with Crippen LogP contribution in [0.3, 0.4) is 0 Å². The molecule has 0 saturated heterocycles. The Morgan fingerprint density at radius 1 is 1.47 bits per heavy atom. The van der Waals surface area contributed by atoms with Gasteiger partial charge in [0.2, 0.25) is 0 Å².